The fraction of sp³-hybridized carbons (Fsp3) is 0.385. The number of carbonyl (C=O) groups is 2. The molecule has 0 aliphatic heterocycles. The number of hydrogen-bond acceptors (Lipinski definition) is 5. The number of carboxylic acids is 1. The summed E-state index contributed by atoms with van der Waals surface area (Å²) in [6, 6.07) is 1.73. The maximum absolute atomic E-state index is 11.9. The smallest absolute Gasteiger partial charge is 0.326 e. The van der Waals surface area contributed by atoms with Crippen LogP contribution >= 0.6 is 0 Å². The molecule has 0 aliphatic carbocycles. The van der Waals surface area contributed by atoms with Crippen molar-refractivity contribution in [3.8, 4) is 0 Å². The van der Waals surface area contributed by atoms with E-state index in [2.05, 4.69) is 10.0 Å². The summed E-state index contributed by atoms with van der Waals surface area (Å²) in [5.74, 6) is -1.67. The Morgan fingerprint density at radius 2 is 2.09 bits per heavy atom. The van der Waals surface area contributed by atoms with Crippen LogP contribution in [0.15, 0.2) is 28.7 Å². The summed E-state index contributed by atoms with van der Waals surface area (Å²) in [6.07, 6.45) is 4.47. The van der Waals surface area contributed by atoms with Crippen LogP contribution in [-0.4, -0.2) is 37.7 Å². The second-order valence-electron chi connectivity index (χ2n) is 4.53. The van der Waals surface area contributed by atoms with Gasteiger partial charge in [0.15, 0.2) is 5.76 Å². The van der Waals surface area contributed by atoms with Crippen molar-refractivity contribution >= 4 is 21.9 Å². The highest BCUT2D eigenvalue weighted by Gasteiger charge is 2.21. The second-order valence-corrected chi connectivity index (χ2v) is 6.36. The Balaban J connectivity index is 2.69. The first kappa shape index (κ1) is 17.9. The minimum absolute atomic E-state index is 0.0861. The van der Waals surface area contributed by atoms with Gasteiger partial charge in [-0.15, -0.1) is 0 Å². The molecular formula is C13H18N2O6S. The van der Waals surface area contributed by atoms with Gasteiger partial charge in [-0.25, -0.2) is 17.9 Å². The van der Waals surface area contributed by atoms with Gasteiger partial charge in [0.25, 0.3) is 5.91 Å². The van der Waals surface area contributed by atoms with Crippen molar-refractivity contribution in [2.75, 3.05) is 6.26 Å². The third-order valence-corrected chi connectivity index (χ3v) is 3.27. The van der Waals surface area contributed by atoms with Crippen molar-refractivity contribution in [3.05, 3.63) is 35.8 Å². The van der Waals surface area contributed by atoms with Crippen molar-refractivity contribution < 1.29 is 27.5 Å². The van der Waals surface area contributed by atoms with E-state index >= 15 is 0 Å². The number of furan rings is 1. The lowest BCUT2D eigenvalue weighted by Gasteiger charge is -2.11. The molecule has 1 heterocycles. The maximum Gasteiger partial charge on any atom is 0.326 e. The molecule has 1 rings (SSSR count). The van der Waals surface area contributed by atoms with Crippen LogP contribution in [0.25, 0.3) is 0 Å². The van der Waals surface area contributed by atoms with Crippen molar-refractivity contribution in [2.45, 2.75) is 25.9 Å². The van der Waals surface area contributed by atoms with Crippen LogP contribution in [0.5, 0.6) is 0 Å². The fourth-order valence-corrected chi connectivity index (χ4v) is 1.92. The lowest BCUT2D eigenvalue weighted by molar-refractivity contribution is -0.139. The lowest BCUT2D eigenvalue weighted by atomic mass is 10.2. The molecule has 0 radical (unpaired) electrons. The third-order valence-electron chi connectivity index (χ3n) is 2.60. The number of carbonyl (C=O) groups excluding carboxylic acids is 1. The summed E-state index contributed by atoms with van der Waals surface area (Å²) in [5, 5.41) is 11.3. The Hall–Kier alpha value is -2.13. The maximum atomic E-state index is 11.9. The highest BCUT2D eigenvalue weighted by Crippen LogP contribution is 2.09. The molecule has 9 heteroatoms. The number of hydrogen-bond donors (Lipinski definition) is 3. The first-order valence-electron chi connectivity index (χ1n) is 6.41. The molecule has 0 saturated carbocycles. The number of carboxylic acid groups (broad SMARTS) is 1. The Kier molecular flexibility index (Phi) is 6.32. The number of sulfonamides is 1. The van der Waals surface area contributed by atoms with Crippen LogP contribution in [0.4, 0.5) is 0 Å². The topological polar surface area (TPSA) is 126 Å². The van der Waals surface area contributed by atoms with Gasteiger partial charge in [-0.05, 0) is 25.5 Å². The highest BCUT2D eigenvalue weighted by atomic mass is 32.2. The average molecular weight is 330 g/mol. The lowest BCUT2D eigenvalue weighted by Crippen LogP contribution is -2.40. The first-order valence-corrected chi connectivity index (χ1v) is 8.30. The molecule has 0 spiro atoms. The normalized spacial score (nSPS) is 13.2. The van der Waals surface area contributed by atoms with Crippen LogP contribution in [0.2, 0.25) is 0 Å². The summed E-state index contributed by atoms with van der Waals surface area (Å²) in [5.41, 5.74) is 0. The Labute approximate surface area is 128 Å². The minimum atomic E-state index is -3.37. The fourth-order valence-electron chi connectivity index (χ4n) is 1.52. The largest absolute Gasteiger partial charge is 0.480 e. The van der Waals surface area contributed by atoms with E-state index in [9.17, 15) is 18.0 Å². The number of amides is 1. The second kappa shape index (κ2) is 7.76. The van der Waals surface area contributed by atoms with Gasteiger partial charge in [0, 0.05) is 0 Å². The molecule has 0 saturated heterocycles. The molecule has 1 unspecified atom stereocenters. The van der Waals surface area contributed by atoms with E-state index in [1.54, 1.807) is 19.1 Å². The van der Waals surface area contributed by atoms with Crippen molar-refractivity contribution in [3.63, 3.8) is 0 Å². The number of aliphatic carboxylic acids is 1. The predicted octanol–water partition coefficient (Wildman–Crippen LogP) is 0.478. The molecule has 1 atom stereocenters. The Morgan fingerprint density at radius 1 is 1.41 bits per heavy atom. The van der Waals surface area contributed by atoms with E-state index in [1.165, 1.54) is 12.1 Å². The van der Waals surface area contributed by atoms with E-state index in [0.717, 1.165) is 6.26 Å². The van der Waals surface area contributed by atoms with E-state index in [-0.39, 0.29) is 24.5 Å². The van der Waals surface area contributed by atoms with Gasteiger partial charge in [-0.3, -0.25) is 4.79 Å². The monoisotopic (exact) mass is 330 g/mol. The van der Waals surface area contributed by atoms with Gasteiger partial charge in [0.05, 0.1) is 12.8 Å². The Morgan fingerprint density at radius 3 is 2.64 bits per heavy atom. The van der Waals surface area contributed by atoms with Gasteiger partial charge in [0.1, 0.15) is 11.8 Å². The van der Waals surface area contributed by atoms with E-state index in [0.29, 0.717) is 0 Å². The number of allylic oxidation sites excluding steroid dienone is 1. The van der Waals surface area contributed by atoms with Crippen LogP contribution in [0.3, 0.4) is 0 Å². The zero-order valence-corrected chi connectivity index (χ0v) is 13.0. The van der Waals surface area contributed by atoms with Crippen LogP contribution < -0.4 is 10.0 Å². The van der Waals surface area contributed by atoms with Gasteiger partial charge in [0.2, 0.25) is 10.0 Å². The highest BCUT2D eigenvalue weighted by molar-refractivity contribution is 7.88. The van der Waals surface area contributed by atoms with Gasteiger partial charge >= 0.3 is 5.97 Å². The van der Waals surface area contributed by atoms with E-state index in [4.69, 9.17) is 9.52 Å². The summed E-state index contributed by atoms with van der Waals surface area (Å²) in [4.78, 5) is 22.9. The molecule has 122 valence electrons. The standard InChI is InChI=1S/C13H18N2O6S/c1-3-4-5-10(13(17)18)15-12(16)11-7-6-9(21-11)8-14-22(2,19)20/h3-4,6-7,10,14H,5,8H2,1-2H3,(H,15,16)(H,17,18)/b4-3+. The molecule has 1 aromatic rings. The van der Waals surface area contributed by atoms with Crippen molar-refractivity contribution in [1.29, 1.82) is 0 Å². The molecule has 1 amide bonds. The summed E-state index contributed by atoms with van der Waals surface area (Å²) < 4.78 is 29.3. The van der Waals surface area contributed by atoms with Gasteiger partial charge < -0.3 is 14.8 Å². The SMILES string of the molecule is C/C=C/CC(NC(=O)c1ccc(CNS(C)(=O)=O)o1)C(=O)O. The first-order chi connectivity index (χ1) is 10.2. The van der Waals surface area contributed by atoms with Gasteiger partial charge in [-0.1, -0.05) is 12.2 Å². The number of nitrogens with one attached hydrogen (secondary N) is 2. The molecule has 0 bridgehead atoms. The molecular weight excluding hydrogens is 312 g/mol. The van der Waals surface area contributed by atoms with Crippen LogP contribution in [0, 0.1) is 0 Å². The molecule has 3 N–H and O–H groups in total. The molecule has 8 nitrogen and oxygen atoms in total. The van der Waals surface area contributed by atoms with Crippen molar-refractivity contribution in [1.82, 2.24) is 10.0 Å². The van der Waals surface area contributed by atoms with Crippen LogP contribution in [-0.2, 0) is 21.4 Å². The summed E-state index contributed by atoms with van der Waals surface area (Å²) in [7, 11) is -3.37. The number of rotatable bonds is 8. The van der Waals surface area contributed by atoms with E-state index in [1.807, 2.05) is 0 Å². The zero-order chi connectivity index (χ0) is 16.8. The van der Waals surface area contributed by atoms with Crippen LogP contribution in [0.1, 0.15) is 29.7 Å². The third kappa shape index (κ3) is 6.10. The van der Waals surface area contributed by atoms with E-state index < -0.39 is 27.9 Å². The molecule has 22 heavy (non-hydrogen) atoms. The molecule has 0 fully saturated rings. The molecule has 0 aliphatic rings. The van der Waals surface area contributed by atoms with Gasteiger partial charge in [-0.2, -0.15) is 0 Å². The molecule has 0 aromatic carbocycles. The predicted molar refractivity (Wildman–Crippen MR) is 78.7 cm³/mol. The summed E-state index contributed by atoms with van der Waals surface area (Å²) >= 11 is 0. The minimum Gasteiger partial charge on any atom is -0.480 e. The zero-order valence-electron chi connectivity index (χ0n) is 12.2. The van der Waals surface area contributed by atoms with Crippen molar-refractivity contribution in [2.24, 2.45) is 0 Å². The Bertz CT molecular complexity index is 662. The average Bonchev–Trinajstić information content (AvgIpc) is 2.89. The molecule has 1 aromatic heterocycles. The summed E-state index contributed by atoms with van der Waals surface area (Å²) in [6.45, 7) is 1.65. The quantitative estimate of drug-likeness (QED) is 0.595.